The number of benzene rings is 1. The number of ether oxygens (including phenoxy) is 1. The van der Waals surface area contributed by atoms with E-state index in [4.69, 9.17) is 10.5 Å². The van der Waals surface area contributed by atoms with Gasteiger partial charge in [0, 0.05) is 50.2 Å². The number of anilines is 2. The minimum absolute atomic E-state index is 0.277. The van der Waals surface area contributed by atoms with E-state index in [9.17, 15) is 0 Å². The lowest BCUT2D eigenvalue weighted by atomic mass is 9.72. The first-order valence-electron chi connectivity index (χ1n) is 12.8. The number of nitrogens with zero attached hydrogens (tertiary/aromatic N) is 5. The molecule has 0 atom stereocenters. The second-order valence-corrected chi connectivity index (χ2v) is 11.5. The van der Waals surface area contributed by atoms with Gasteiger partial charge in [0.25, 0.3) is 0 Å². The molecule has 2 aromatic heterocycles. The molecule has 3 aromatic rings. The van der Waals surface area contributed by atoms with Crippen LogP contribution in [-0.4, -0.2) is 64.5 Å². The molecule has 2 saturated carbocycles. The molecule has 2 spiro atoms. The summed E-state index contributed by atoms with van der Waals surface area (Å²) in [5.41, 5.74) is 11.3. The van der Waals surface area contributed by atoms with Gasteiger partial charge in [-0.05, 0) is 48.6 Å². The Bertz CT molecular complexity index is 1260. The van der Waals surface area contributed by atoms with Crippen molar-refractivity contribution in [1.29, 1.82) is 0 Å². The van der Waals surface area contributed by atoms with Gasteiger partial charge < -0.3 is 21.1 Å². The van der Waals surface area contributed by atoms with Crippen molar-refractivity contribution in [1.82, 2.24) is 30.0 Å². The van der Waals surface area contributed by atoms with E-state index >= 15 is 0 Å². The molecule has 35 heavy (non-hydrogen) atoms. The van der Waals surface area contributed by atoms with Gasteiger partial charge in [0.1, 0.15) is 16.8 Å². The standard InChI is InChI=1S/C26H34N8O/c1-35-21-6-17(11-33-15-26(16-33)13-28-14-26)2-3-19(21)12-34-22-20(10-30-34)31-24(27)32-23(22)29-9-18-7-25(8-18)4-5-25/h2-3,6,10,18,28H,4-5,7-9,11-16H2,1H3,(H3,27,29,31,32). The first-order chi connectivity index (χ1) is 17.0. The molecule has 4 heterocycles. The number of nitrogens with two attached hydrogens (primary N) is 1. The molecule has 0 unspecified atom stereocenters. The molecule has 9 nitrogen and oxygen atoms in total. The Balaban J connectivity index is 1.08. The number of nitrogens with one attached hydrogen (secondary N) is 2. The van der Waals surface area contributed by atoms with Gasteiger partial charge in [0.05, 0.1) is 19.9 Å². The highest BCUT2D eigenvalue weighted by molar-refractivity contribution is 5.86. The minimum Gasteiger partial charge on any atom is -0.496 e. The number of methoxy groups -OCH3 is 1. The minimum atomic E-state index is 0.277. The summed E-state index contributed by atoms with van der Waals surface area (Å²) >= 11 is 0. The van der Waals surface area contributed by atoms with E-state index in [2.05, 4.69) is 48.8 Å². The van der Waals surface area contributed by atoms with E-state index in [1.165, 1.54) is 44.3 Å². The molecule has 4 fully saturated rings. The van der Waals surface area contributed by atoms with Crippen LogP contribution in [0.2, 0.25) is 0 Å². The Morgan fingerprint density at radius 3 is 2.69 bits per heavy atom. The summed E-state index contributed by atoms with van der Waals surface area (Å²) in [4.78, 5) is 11.5. The van der Waals surface area contributed by atoms with Crippen LogP contribution in [0.4, 0.5) is 11.8 Å². The molecule has 2 aliphatic heterocycles. The van der Waals surface area contributed by atoms with Gasteiger partial charge >= 0.3 is 0 Å². The zero-order chi connectivity index (χ0) is 23.6. The van der Waals surface area contributed by atoms with Crippen LogP contribution in [0.5, 0.6) is 5.75 Å². The Morgan fingerprint density at radius 2 is 1.97 bits per heavy atom. The third-order valence-corrected chi connectivity index (χ3v) is 8.66. The number of nitrogen functional groups attached to an aromatic ring is 1. The van der Waals surface area contributed by atoms with Crippen LogP contribution < -0.4 is 21.1 Å². The van der Waals surface area contributed by atoms with E-state index in [0.29, 0.717) is 17.4 Å². The number of likely N-dealkylation sites (tertiary alicyclic amines) is 1. The van der Waals surface area contributed by atoms with E-state index < -0.39 is 0 Å². The summed E-state index contributed by atoms with van der Waals surface area (Å²) in [6, 6.07) is 6.55. The maximum atomic E-state index is 6.01. The van der Waals surface area contributed by atoms with Crippen molar-refractivity contribution in [3.05, 3.63) is 35.5 Å². The van der Waals surface area contributed by atoms with Crippen LogP contribution in [0, 0.1) is 16.7 Å². The maximum absolute atomic E-state index is 6.01. The third kappa shape index (κ3) is 3.81. The van der Waals surface area contributed by atoms with Crippen molar-refractivity contribution in [2.45, 2.75) is 38.8 Å². The van der Waals surface area contributed by atoms with Crippen LogP contribution in [0.25, 0.3) is 11.0 Å². The summed E-state index contributed by atoms with van der Waals surface area (Å²) in [5.74, 6) is 2.66. The van der Waals surface area contributed by atoms with Crippen molar-refractivity contribution in [2.75, 3.05) is 50.9 Å². The Hall–Kier alpha value is -2.91. The fourth-order valence-electron chi connectivity index (χ4n) is 6.55. The summed E-state index contributed by atoms with van der Waals surface area (Å²) < 4.78 is 7.75. The van der Waals surface area contributed by atoms with E-state index in [-0.39, 0.29) is 5.95 Å². The van der Waals surface area contributed by atoms with Crippen molar-refractivity contribution in [2.24, 2.45) is 16.7 Å². The fraction of sp³-hybridized carbons (Fsp3) is 0.577. The predicted octanol–water partition coefficient (Wildman–Crippen LogP) is 2.47. The highest BCUT2D eigenvalue weighted by atomic mass is 16.5. The molecule has 184 valence electrons. The molecule has 4 aliphatic rings. The number of aromatic nitrogens is 4. The first-order valence-corrected chi connectivity index (χ1v) is 12.8. The van der Waals surface area contributed by atoms with Gasteiger partial charge in [-0.2, -0.15) is 10.1 Å². The van der Waals surface area contributed by atoms with Gasteiger partial charge in [-0.15, -0.1) is 0 Å². The molecule has 0 bridgehead atoms. The van der Waals surface area contributed by atoms with Crippen LogP contribution in [0.1, 0.15) is 36.8 Å². The van der Waals surface area contributed by atoms with Crippen molar-refractivity contribution in [3.8, 4) is 5.75 Å². The van der Waals surface area contributed by atoms with Crippen molar-refractivity contribution in [3.63, 3.8) is 0 Å². The van der Waals surface area contributed by atoms with Crippen LogP contribution in [0.3, 0.4) is 0 Å². The summed E-state index contributed by atoms with van der Waals surface area (Å²) in [6.45, 7) is 7.17. The Morgan fingerprint density at radius 1 is 1.14 bits per heavy atom. The van der Waals surface area contributed by atoms with Crippen LogP contribution >= 0.6 is 0 Å². The number of fused-ring (bicyclic) bond motifs is 1. The fourth-order valence-corrected chi connectivity index (χ4v) is 6.55. The monoisotopic (exact) mass is 474 g/mol. The molecule has 1 aromatic carbocycles. The molecule has 2 aliphatic carbocycles. The van der Waals surface area contributed by atoms with Crippen molar-refractivity contribution < 1.29 is 4.74 Å². The van der Waals surface area contributed by atoms with Gasteiger partial charge in [-0.3, -0.25) is 9.58 Å². The van der Waals surface area contributed by atoms with Crippen LogP contribution in [0.15, 0.2) is 24.4 Å². The lowest BCUT2D eigenvalue weighted by molar-refractivity contribution is -0.0444. The Labute approximate surface area is 205 Å². The highest BCUT2D eigenvalue weighted by Gasteiger charge is 2.52. The van der Waals surface area contributed by atoms with Gasteiger partial charge in [0.15, 0.2) is 5.82 Å². The number of hydrogen-bond donors (Lipinski definition) is 3. The van der Waals surface area contributed by atoms with E-state index in [0.717, 1.165) is 60.3 Å². The number of rotatable bonds is 8. The summed E-state index contributed by atoms with van der Waals surface area (Å²) in [7, 11) is 1.74. The average molecular weight is 475 g/mol. The largest absolute Gasteiger partial charge is 0.496 e. The zero-order valence-electron chi connectivity index (χ0n) is 20.4. The van der Waals surface area contributed by atoms with E-state index in [1.807, 2.05) is 4.68 Å². The van der Waals surface area contributed by atoms with Gasteiger partial charge in [0.2, 0.25) is 5.95 Å². The summed E-state index contributed by atoms with van der Waals surface area (Å²) in [6.07, 6.45) is 7.27. The topological polar surface area (TPSA) is 106 Å². The normalized spacial score (nSPS) is 22.1. The third-order valence-electron chi connectivity index (χ3n) is 8.66. The molecule has 9 heteroatoms. The van der Waals surface area contributed by atoms with Gasteiger partial charge in [-0.25, -0.2) is 4.98 Å². The maximum Gasteiger partial charge on any atom is 0.222 e. The van der Waals surface area contributed by atoms with E-state index in [1.54, 1.807) is 13.3 Å². The van der Waals surface area contributed by atoms with Gasteiger partial charge in [-0.1, -0.05) is 12.1 Å². The smallest absolute Gasteiger partial charge is 0.222 e. The molecular weight excluding hydrogens is 440 g/mol. The molecule has 0 radical (unpaired) electrons. The second kappa shape index (κ2) is 7.80. The molecule has 0 amide bonds. The van der Waals surface area contributed by atoms with Crippen molar-refractivity contribution >= 4 is 22.8 Å². The zero-order valence-corrected chi connectivity index (χ0v) is 20.4. The van der Waals surface area contributed by atoms with Crippen LogP contribution in [-0.2, 0) is 13.1 Å². The lowest BCUT2D eigenvalue weighted by Crippen LogP contribution is -2.70. The SMILES string of the molecule is COc1cc(CN2CC3(CNC3)C2)ccc1Cn1ncc2nc(N)nc(NCC3CC4(CC4)C3)c21. The molecule has 2 saturated heterocycles. The Kier molecular flexibility index (Phi) is 4.76. The highest BCUT2D eigenvalue weighted by Crippen LogP contribution is 2.63. The number of hydrogen-bond acceptors (Lipinski definition) is 8. The first kappa shape index (κ1) is 21.4. The quantitative estimate of drug-likeness (QED) is 0.457. The molecule has 4 N–H and O–H groups in total. The second-order valence-electron chi connectivity index (χ2n) is 11.5. The molecular formula is C26H34N8O. The average Bonchev–Trinajstić information content (AvgIpc) is 3.48. The predicted molar refractivity (Wildman–Crippen MR) is 135 cm³/mol. The summed E-state index contributed by atoms with van der Waals surface area (Å²) in [5, 5.41) is 11.6. The lowest BCUT2D eigenvalue weighted by Gasteiger charge is -2.56. The molecule has 7 rings (SSSR count).